The fourth-order valence-corrected chi connectivity index (χ4v) is 2.39. The second-order valence-corrected chi connectivity index (χ2v) is 4.83. The highest BCUT2D eigenvalue weighted by atomic mass is 16.5. The Labute approximate surface area is 117 Å². The lowest BCUT2D eigenvalue weighted by atomic mass is 9.97. The number of methoxy groups -OCH3 is 2. The molecule has 2 heterocycles. The number of ether oxygens (including phenoxy) is 2. The molecule has 6 heteroatoms. The normalized spacial score (nSPS) is 16.9. The van der Waals surface area contributed by atoms with Crippen molar-refractivity contribution in [2.75, 3.05) is 27.3 Å². The number of furan rings is 1. The van der Waals surface area contributed by atoms with Gasteiger partial charge in [0.25, 0.3) is 0 Å². The first kappa shape index (κ1) is 14.6. The van der Waals surface area contributed by atoms with Gasteiger partial charge in [-0.3, -0.25) is 9.69 Å². The Morgan fingerprint density at radius 3 is 2.55 bits per heavy atom. The number of nitrogens with zero attached hydrogens (tertiary/aromatic N) is 1. The number of rotatable bonds is 4. The van der Waals surface area contributed by atoms with Crippen LogP contribution in [0.2, 0.25) is 0 Å². The summed E-state index contributed by atoms with van der Waals surface area (Å²) in [4.78, 5) is 24.9. The number of hydrogen-bond donors (Lipinski definition) is 0. The van der Waals surface area contributed by atoms with Crippen molar-refractivity contribution in [3.63, 3.8) is 0 Å². The van der Waals surface area contributed by atoms with Gasteiger partial charge in [0, 0.05) is 0 Å². The van der Waals surface area contributed by atoms with E-state index in [1.165, 1.54) is 14.2 Å². The van der Waals surface area contributed by atoms with Crippen molar-refractivity contribution in [1.29, 1.82) is 0 Å². The van der Waals surface area contributed by atoms with Crippen molar-refractivity contribution in [3.8, 4) is 0 Å². The molecule has 2 rings (SSSR count). The SMILES string of the molecule is COC(=O)c1ccc(CN2CCC(C(=O)OC)CC2)o1. The molecule has 0 bridgehead atoms. The van der Waals surface area contributed by atoms with Gasteiger partial charge in [-0.1, -0.05) is 0 Å². The minimum Gasteiger partial charge on any atom is -0.469 e. The van der Waals surface area contributed by atoms with Gasteiger partial charge in [0.2, 0.25) is 5.76 Å². The fourth-order valence-electron chi connectivity index (χ4n) is 2.39. The first-order chi connectivity index (χ1) is 9.63. The summed E-state index contributed by atoms with van der Waals surface area (Å²) in [6.45, 7) is 2.26. The van der Waals surface area contributed by atoms with E-state index < -0.39 is 5.97 Å². The van der Waals surface area contributed by atoms with Gasteiger partial charge in [0.05, 0.1) is 26.7 Å². The third-order valence-electron chi connectivity index (χ3n) is 3.55. The zero-order valence-corrected chi connectivity index (χ0v) is 11.8. The minimum atomic E-state index is -0.472. The molecule has 0 radical (unpaired) electrons. The van der Waals surface area contributed by atoms with Crippen molar-refractivity contribution in [2.24, 2.45) is 5.92 Å². The Bertz CT molecular complexity index is 474. The van der Waals surface area contributed by atoms with E-state index >= 15 is 0 Å². The molecule has 0 amide bonds. The van der Waals surface area contributed by atoms with E-state index in [0.717, 1.165) is 31.7 Å². The summed E-state index contributed by atoms with van der Waals surface area (Å²) in [6.07, 6.45) is 1.58. The number of likely N-dealkylation sites (tertiary alicyclic amines) is 1. The van der Waals surface area contributed by atoms with E-state index in [2.05, 4.69) is 9.64 Å². The van der Waals surface area contributed by atoms with E-state index in [9.17, 15) is 9.59 Å². The quantitative estimate of drug-likeness (QED) is 0.778. The molecule has 1 aromatic heterocycles. The van der Waals surface area contributed by atoms with E-state index in [-0.39, 0.29) is 17.6 Å². The standard InChI is InChI=1S/C14H19NO5/c1-18-13(16)10-5-7-15(8-6-10)9-11-3-4-12(20-11)14(17)19-2/h3-4,10H,5-9H2,1-2H3. The lowest BCUT2D eigenvalue weighted by molar-refractivity contribution is -0.147. The van der Waals surface area contributed by atoms with Gasteiger partial charge in [-0.15, -0.1) is 0 Å². The Morgan fingerprint density at radius 1 is 1.25 bits per heavy atom. The molecule has 0 unspecified atom stereocenters. The molecule has 1 fully saturated rings. The molecule has 20 heavy (non-hydrogen) atoms. The summed E-state index contributed by atoms with van der Waals surface area (Å²) in [5, 5.41) is 0. The third kappa shape index (κ3) is 3.39. The first-order valence-corrected chi connectivity index (χ1v) is 6.61. The minimum absolute atomic E-state index is 0.00141. The highest BCUT2D eigenvalue weighted by Crippen LogP contribution is 2.20. The molecule has 0 saturated carbocycles. The monoisotopic (exact) mass is 281 g/mol. The zero-order chi connectivity index (χ0) is 14.5. The molecule has 1 saturated heterocycles. The molecule has 1 aromatic rings. The Kier molecular flexibility index (Phi) is 4.79. The highest BCUT2D eigenvalue weighted by Gasteiger charge is 2.26. The van der Waals surface area contributed by atoms with E-state index in [0.29, 0.717) is 6.54 Å². The predicted octanol–water partition coefficient (Wildman–Crippen LogP) is 1.45. The predicted molar refractivity (Wildman–Crippen MR) is 70.1 cm³/mol. The molecular weight excluding hydrogens is 262 g/mol. The number of carbonyl (C=O) groups excluding carboxylic acids is 2. The van der Waals surface area contributed by atoms with Crippen LogP contribution in [0, 0.1) is 5.92 Å². The maximum atomic E-state index is 11.4. The smallest absolute Gasteiger partial charge is 0.373 e. The van der Waals surface area contributed by atoms with Gasteiger partial charge in [0.1, 0.15) is 5.76 Å². The molecule has 0 atom stereocenters. The molecule has 110 valence electrons. The second-order valence-electron chi connectivity index (χ2n) is 4.83. The molecule has 0 aliphatic carbocycles. The van der Waals surface area contributed by atoms with Crippen molar-refractivity contribution in [2.45, 2.75) is 19.4 Å². The van der Waals surface area contributed by atoms with Crippen LogP contribution in [0.1, 0.15) is 29.2 Å². The van der Waals surface area contributed by atoms with Crippen molar-refractivity contribution in [1.82, 2.24) is 4.90 Å². The Morgan fingerprint density at radius 2 is 1.95 bits per heavy atom. The van der Waals surface area contributed by atoms with Crippen LogP contribution in [0.5, 0.6) is 0 Å². The van der Waals surface area contributed by atoms with E-state index in [1.54, 1.807) is 12.1 Å². The molecule has 0 spiro atoms. The maximum absolute atomic E-state index is 11.4. The van der Waals surface area contributed by atoms with Crippen LogP contribution in [0.4, 0.5) is 0 Å². The summed E-state index contributed by atoms with van der Waals surface area (Å²) < 4.78 is 14.8. The van der Waals surface area contributed by atoms with Crippen LogP contribution >= 0.6 is 0 Å². The zero-order valence-electron chi connectivity index (χ0n) is 11.8. The van der Waals surface area contributed by atoms with Crippen molar-refractivity contribution in [3.05, 3.63) is 23.7 Å². The van der Waals surface area contributed by atoms with Crippen molar-refractivity contribution >= 4 is 11.9 Å². The highest BCUT2D eigenvalue weighted by molar-refractivity contribution is 5.86. The number of esters is 2. The Hall–Kier alpha value is -1.82. The van der Waals surface area contributed by atoms with E-state index in [1.807, 2.05) is 0 Å². The molecular formula is C14H19NO5. The lowest BCUT2D eigenvalue weighted by Crippen LogP contribution is -2.36. The summed E-state index contributed by atoms with van der Waals surface area (Å²) in [5.74, 6) is 0.337. The van der Waals surface area contributed by atoms with Crippen LogP contribution in [-0.4, -0.2) is 44.1 Å². The first-order valence-electron chi connectivity index (χ1n) is 6.61. The third-order valence-corrected chi connectivity index (χ3v) is 3.55. The number of piperidine rings is 1. The van der Waals surface area contributed by atoms with Crippen LogP contribution in [0.3, 0.4) is 0 Å². The van der Waals surface area contributed by atoms with Gasteiger partial charge in [-0.25, -0.2) is 4.79 Å². The summed E-state index contributed by atoms with van der Waals surface area (Å²) in [6, 6.07) is 3.39. The van der Waals surface area contributed by atoms with Crippen LogP contribution in [0.15, 0.2) is 16.5 Å². The van der Waals surface area contributed by atoms with Gasteiger partial charge in [0.15, 0.2) is 0 Å². The molecule has 0 aromatic carbocycles. The summed E-state index contributed by atoms with van der Waals surface area (Å²) in [7, 11) is 2.74. The fraction of sp³-hybridized carbons (Fsp3) is 0.571. The number of hydrogen-bond acceptors (Lipinski definition) is 6. The summed E-state index contributed by atoms with van der Waals surface area (Å²) >= 11 is 0. The maximum Gasteiger partial charge on any atom is 0.373 e. The Balaban J connectivity index is 1.85. The van der Waals surface area contributed by atoms with Gasteiger partial charge in [-0.05, 0) is 38.1 Å². The van der Waals surface area contributed by atoms with Gasteiger partial charge in [-0.2, -0.15) is 0 Å². The molecule has 1 aliphatic heterocycles. The molecule has 1 aliphatic rings. The lowest BCUT2D eigenvalue weighted by Gasteiger charge is -2.29. The topological polar surface area (TPSA) is 69.0 Å². The van der Waals surface area contributed by atoms with E-state index in [4.69, 9.17) is 9.15 Å². The van der Waals surface area contributed by atoms with Gasteiger partial charge < -0.3 is 13.9 Å². The van der Waals surface area contributed by atoms with Crippen LogP contribution in [0.25, 0.3) is 0 Å². The van der Waals surface area contributed by atoms with Gasteiger partial charge >= 0.3 is 11.9 Å². The number of carbonyl (C=O) groups is 2. The van der Waals surface area contributed by atoms with Crippen LogP contribution < -0.4 is 0 Å². The molecule has 6 nitrogen and oxygen atoms in total. The molecule has 0 N–H and O–H groups in total. The summed E-state index contributed by atoms with van der Waals surface area (Å²) in [5.41, 5.74) is 0. The largest absolute Gasteiger partial charge is 0.469 e. The van der Waals surface area contributed by atoms with Crippen LogP contribution in [-0.2, 0) is 20.8 Å². The average molecular weight is 281 g/mol. The second kappa shape index (κ2) is 6.56. The van der Waals surface area contributed by atoms with Crippen molar-refractivity contribution < 1.29 is 23.5 Å². The average Bonchev–Trinajstić information content (AvgIpc) is 2.95.